The van der Waals surface area contributed by atoms with E-state index in [-0.39, 0.29) is 11.6 Å². The number of nitrogens with zero attached hydrogens (tertiary/aromatic N) is 3. The highest BCUT2D eigenvalue weighted by Crippen LogP contribution is 2.38. The number of H-pyrrole nitrogens is 1. The molecule has 2 aromatic carbocycles. The molecule has 0 radical (unpaired) electrons. The summed E-state index contributed by atoms with van der Waals surface area (Å²) in [7, 11) is -1.18. The maximum absolute atomic E-state index is 14.0. The van der Waals surface area contributed by atoms with E-state index in [2.05, 4.69) is 22.1 Å². The van der Waals surface area contributed by atoms with E-state index in [4.69, 9.17) is 9.97 Å². The second-order valence-electron chi connectivity index (χ2n) is 9.41. The smallest absolute Gasteiger partial charge is 0.227 e. The van der Waals surface area contributed by atoms with E-state index < -0.39 is 10.8 Å². The number of piperidine rings is 1. The van der Waals surface area contributed by atoms with Crippen LogP contribution in [0.2, 0.25) is 0 Å². The molecule has 186 valence electrons. The Morgan fingerprint density at radius 1 is 1.11 bits per heavy atom. The van der Waals surface area contributed by atoms with Crippen LogP contribution < -0.4 is 10.2 Å². The van der Waals surface area contributed by atoms with Gasteiger partial charge in [0.2, 0.25) is 5.95 Å². The summed E-state index contributed by atoms with van der Waals surface area (Å²) in [4.78, 5) is 15.8. The largest absolute Gasteiger partial charge is 0.358 e. The fourth-order valence-electron chi connectivity index (χ4n) is 5.47. The van der Waals surface area contributed by atoms with Gasteiger partial charge in [-0.3, -0.25) is 4.21 Å². The number of nitrogens with one attached hydrogen (secondary N) is 2. The molecular formula is C27H27F2N5OS. The topological polar surface area (TPSA) is 73.9 Å². The van der Waals surface area contributed by atoms with Gasteiger partial charge in [-0.1, -0.05) is 13.0 Å². The van der Waals surface area contributed by atoms with Gasteiger partial charge in [0.05, 0.1) is 16.5 Å². The Kier molecular flexibility index (Phi) is 5.95. The van der Waals surface area contributed by atoms with Crippen LogP contribution in [0.15, 0.2) is 47.4 Å². The van der Waals surface area contributed by atoms with Gasteiger partial charge in [-0.15, -0.1) is 0 Å². The lowest BCUT2D eigenvalue weighted by atomic mass is 9.87. The second kappa shape index (κ2) is 9.28. The monoisotopic (exact) mass is 507 g/mol. The molecule has 2 aliphatic rings. The van der Waals surface area contributed by atoms with Crippen molar-refractivity contribution >= 4 is 39.2 Å². The summed E-state index contributed by atoms with van der Waals surface area (Å²) in [5.74, 6) is 1.36. The Hall–Kier alpha value is -3.33. The summed E-state index contributed by atoms with van der Waals surface area (Å²) in [5, 5.41) is 4.15. The van der Waals surface area contributed by atoms with Crippen LogP contribution in [0, 0.1) is 11.6 Å². The molecule has 4 aromatic rings. The van der Waals surface area contributed by atoms with Crippen LogP contribution in [0.4, 0.5) is 26.2 Å². The summed E-state index contributed by atoms with van der Waals surface area (Å²) in [6.45, 7) is 3.64. The summed E-state index contributed by atoms with van der Waals surface area (Å²) in [6.07, 6.45) is 3.30. The van der Waals surface area contributed by atoms with E-state index in [9.17, 15) is 13.0 Å². The number of hydrogen-bond acceptors (Lipinski definition) is 5. The molecule has 2 aliphatic heterocycles. The zero-order valence-corrected chi connectivity index (χ0v) is 20.8. The predicted octanol–water partition coefficient (Wildman–Crippen LogP) is 5.59. The second-order valence-corrected chi connectivity index (χ2v) is 10.9. The SMILES string of the molecule is CCc1[nH]c2ccc(F)cc2c1C1CCN(c2nc3c(c(Nc4cccc(F)c4)n2)S(=O)CC3)CC1. The fraction of sp³-hybridized carbons (Fsp3) is 0.333. The Morgan fingerprint density at radius 3 is 2.69 bits per heavy atom. The van der Waals surface area contributed by atoms with E-state index in [0.717, 1.165) is 48.9 Å². The predicted molar refractivity (Wildman–Crippen MR) is 139 cm³/mol. The van der Waals surface area contributed by atoms with Crippen molar-refractivity contribution in [1.82, 2.24) is 15.0 Å². The Balaban J connectivity index is 1.28. The van der Waals surface area contributed by atoms with Crippen molar-refractivity contribution in [3.63, 3.8) is 0 Å². The van der Waals surface area contributed by atoms with Crippen LogP contribution in [0.3, 0.4) is 0 Å². The number of anilines is 3. The molecular weight excluding hydrogens is 480 g/mol. The zero-order valence-electron chi connectivity index (χ0n) is 20.0. The minimum Gasteiger partial charge on any atom is -0.358 e. The standard InChI is InChI=1S/C27H27F2N5OS/c1-2-21-24(20-15-18(29)6-7-22(20)31-21)16-8-11-34(12-9-16)27-32-23-10-13-36(35)25(23)26(33-27)30-19-5-3-4-17(28)14-19/h3-7,14-16,31H,2,8-13H2,1H3,(H,30,32,33). The fourth-order valence-corrected chi connectivity index (χ4v) is 6.77. The molecule has 0 saturated carbocycles. The van der Waals surface area contributed by atoms with Gasteiger partial charge in [0, 0.05) is 47.5 Å². The molecule has 6 nitrogen and oxygen atoms in total. The Morgan fingerprint density at radius 2 is 1.92 bits per heavy atom. The van der Waals surface area contributed by atoms with Crippen LogP contribution in [0.25, 0.3) is 10.9 Å². The number of aromatic amines is 1. The van der Waals surface area contributed by atoms with Crippen LogP contribution >= 0.6 is 0 Å². The average Bonchev–Trinajstić information content (AvgIpc) is 3.44. The number of fused-ring (bicyclic) bond motifs is 2. The van der Waals surface area contributed by atoms with Gasteiger partial charge in [-0.2, -0.15) is 4.98 Å². The van der Waals surface area contributed by atoms with E-state index in [1.54, 1.807) is 18.2 Å². The first-order chi connectivity index (χ1) is 17.5. The summed E-state index contributed by atoms with van der Waals surface area (Å²) in [6, 6.07) is 11.1. The number of hydrogen-bond donors (Lipinski definition) is 2. The van der Waals surface area contributed by atoms with Gasteiger partial charge in [-0.25, -0.2) is 13.8 Å². The van der Waals surface area contributed by atoms with Crippen molar-refractivity contribution in [2.24, 2.45) is 0 Å². The Bertz CT molecular complexity index is 1480. The number of halogens is 2. The molecule has 2 aromatic heterocycles. The molecule has 0 spiro atoms. The van der Waals surface area contributed by atoms with E-state index >= 15 is 0 Å². The van der Waals surface area contributed by atoms with Crippen molar-refractivity contribution in [1.29, 1.82) is 0 Å². The van der Waals surface area contributed by atoms with Crippen molar-refractivity contribution in [2.45, 2.75) is 43.4 Å². The van der Waals surface area contributed by atoms with E-state index in [0.29, 0.717) is 40.4 Å². The quantitative estimate of drug-likeness (QED) is 0.368. The minimum atomic E-state index is -1.18. The first-order valence-electron chi connectivity index (χ1n) is 12.4. The van der Waals surface area contributed by atoms with Crippen molar-refractivity contribution in [3.05, 3.63) is 71.1 Å². The average molecular weight is 508 g/mol. The highest BCUT2D eigenvalue weighted by molar-refractivity contribution is 7.85. The number of rotatable bonds is 5. The minimum absolute atomic E-state index is 0.218. The molecule has 1 unspecified atom stereocenters. The number of aryl methyl sites for hydroxylation is 2. The lowest BCUT2D eigenvalue weighted by Gasteiger charge is -2.33. The van der Waals surface area contributed by atoms with Gasteiger partial charge in [0.15, 0.2) is 5.82 Å². The summed E-state index contributed by atoms with van der Waals surface area (Å²) >= 11 is 0. The molecule has 6 rings (SSSR count). The third-order valence-electron chi connectivity index (χ3n) is 7.19. The molecule has 1 saturated heterocycles. The highest BCUT2D eigenvalue weighted by Gasteiger charge is 2.30. The number of aromatic nitrogens is 3. The molecule has 0 aliphatic carbocycles. The molecule has 4 heterocycles. The lowest BCUT2D eigenvalue weighted by molar-refractivity contribution is 0.498. The van der Waals surface area contributed by atoms with Crippen molar-refractivity contribution in [2.75, 3.05) is 29.1 Å². The summed E-state index contributed by atoms with van der Waals surface area (Å²) < 4.78 is 40.5. The molecule has 9 heteroatoms. The van der Waals surface area contributed by atoms with Crippen LogP contribution in [0.5, 0.6) is 0 Å². The first kappa shape index (κ1) is 23.1. The molecule has 1 fully saturated rings. The van der Waals surface area contributed by atoms with Gasteiger partial charge in [0.25, 0.3) is 0 Å². The summed E-state index contributed by atoms with van der Waals surface area (Å²) in [5.41, 5.74) is 4.73. The maximum Gasteiger partial charge on any atom is 0.227 e. The van der Waals surface area contributed by atoms with Gasteiger partial charge >= 0.3 is 0 Å². The number of benzene rings is 2. The van der Waals surface area contributed by atoms with Crippen molar-refractivity contribution in [3.8, 4) is 0 Å². The molecule has 1 atom stereocenters. The van der Waals surface area contributed by atoms with E-state index in [1.807, 2.05) is 6.07 Å². The molecule has 0 amide bonds. The van der Waals surface area contributed by atoms with Crippen LogP contribution in [-0.4, -0.2) is 38.0 Å². The van der Waals surface area contributed by atoms with Gasteiger partial charge < -0.3 is 15.2 Å². The third kappa shape index (κ3) is 4.15. The van der Waals surface area contributed by atoms with Gasteiger partial charge in [0.1, 0.15) is 16.5 Å². The molecule has 36 heavy (non-hydrogen) atoms. The normalized spacial score (nSPS) is 18.1. The first-order valence-corrected chi connectivity index (χ1v) is 13.7. The maximum atomic E-state index is 14.0. The molecule has 0 bridgehead atoms. The van der Waals surface area contributed by atoms with E-state index in [1.165, 1.54) is 29.5 Å². The lowest BCUT2D eigenvalue weighted by Crippen LogP contribution is -2.34. The van der Waals surface area contributed by atoms with Gasteiger partial charge in [-0.05, 0) is 67.1 Å². The third-order valence-corrected chi connectivity index (χ3v) is 8.64. The van der Waals surface area contributed by atoms with Crippen LogP contribution in [0.1, 0.15) is 42.6 Å². The highest BCUT2D eigenvalue weighted by atomic mass is 32.2. The van der Waals surface area contributed by atoms with Crippen molar-refractivity contribution < 1.29 is 13.0 Å². The molecule has 2 N–H and O–H groups in total. The van der Waals surface area contributed by atoms with Crippen LogP contribution in [-0.2, 0) is 23.6 Å². The zero-order chi connectivity index (χ0) is 24.8. The Labute approximate surface area is 210 Å².